The third-order valence-corrected chi connectivity index (χ3v) is 5.86. The number of nitrogens with one attached hydrogen (secondary N) is 3. The Morgan fingerprint density at radius 1 is 1.09 bits per heavy atom. The van der Waals surface area contributed by atoms with Crippen molar-refractivity contribution >= 4 is 23.8 Å². The Hall–Kier alpha value is -4.18. The molecule has 10 heteroatoms. The van der Waals surface area contributed by atoms with Crippen LogP contribution in [0.25, 0.3) is 11.1 Å². The highest BCUT2D eigenvalue weighted by molar-refractivity contribution is 5.96. The molecule has 1 aliphatic carbocycles. The van der Waals surface area contributed by atoms with Gasteiger partial charge in [-0.2, -0.15) is 5.10 Å². The third-order valence-electron chi connectivity index (χ3n) is 5.86. The van der Waals surface area contributed by atoms with E-state index in [4.69, 9.17) is 4.74 Å². The van der Waals surface area contributed by atoms with Crippen molar-refractivity contribution in [2.24, 2.45) is 0 Å². The number of hydrogen-bond donors (Lipinski definition) is 4. The van der Waals surface area contributed by atoms with Crippen LogP contribution in [0.15, 0.2) is 54.6 Å². The molecule has 0 radical (unpaired) electrons. The maximum absolute atomic E-state index is 12.4. The lowest BCUT2D eigenvalue weighted by atomic mass is 9.98. The van der Waals surface area contributed by atoms with Gasteiger partial charge < -0.3 is 20.1 Å². The lowest BCUT2D eigenvalue weighted by molar-refractivity contribution is -0.139. The van der Waals surface area contributed by atoms with E-state index in [-0.39, 0.29) is 30.5 Å². The van der Waals surface area contributed by atoms with Crippen molar-refractivity contribution in [3.05, 3.63) is 71.4 Å². The number of carbonyl (C=O) groups is 3. The molecule has 0 bridgehead atoms. The van der Waals surface area contributed by atoms with Gasteiger partial charge in [0.2, 0.25) is 0 Å². The van der Waals surface area contributed by atoms with Gasteiger partial charge in [0.1, 0.15) is 18.3 Å². The Balaban J connectivity index is 1.34. The first-order valence-corrected chi connectivity index (χ1v) is 11.2. The van der Waals surface area contributed by atoms with E-state index >= 15 is 0 Å². The molecule has 0 fully saturated rings. The number of rotatable bonds is 9. The zero-order valence-corrected chi connectivity index (χ0v) is 19.4. The van der Waals surface area contributed by atoms with Crippen molar-refractivity contribution in [2.75, 3.05) is 32.6 Å². The molecule has 2 amide bonds. The fourth-order valence-electron chi connectivity index (χ4n) is 4.12. The number of benzene rings is 2. The first kappa shape index (κ1) is 24.0. The number of amides is 2. The van der Waals surface area contributed by atoms with Crippen LogP contribution in [0.5, 0.6) is 0 Å². The number of nitrogens with zero attached hydrogens (tertiary/aromatic N) is 2. The van der Waals surface area contributed by atoms with Crippen LogP contribution in [0, 0.1) is 0 Å². The molecule has 3 aromatic rings. The molecule has 0 spiro atoms. The van der Waals surface area contributed by atoms with Crippen LogP contribution in [0.3, 0.4) is 0 Å². The summed E-state index contributed by atoms with van der Waals surface area (Å²) in [5.41, 5.74) is 4.48. The molecule has 10 nitrogen and oxygen atoms in total. The van der Waals surface area contributed by atoms with Crippen molar-refractivity contribution in [2.45, 2.75) is 18.4 Å². The molecule has 0 saturated carbocycles. The minimum absolute atomic E-state index is 0.0232. The highest BCUT2D eigenvalue weighted by atomic mass is 16.5. The Morgan fingerprint density at radius 2 is 1.71 bits per heavy atom. The van der Waals surface area contributed by atoms with Crippen LogP contribution in [0.4, 0.5) is 10.6 Å². The average molecular weight is 478 g/mol. The predicted octanol–water partition coefficient (Wildman–Crippen LogP) is 2.91. The van der Waals surface area contributed by atoms with Crippen LogP contribution in [-0.4, -0.2) is 71.5 Å². The van der Waals surface area contributed by atoms with Gasteiger partial charge >= 0.3 is 12.1 Å². The molecular weight excluding hydrogens is 450 g/mol. The van der Waals surface area contributed by atoms with E-state index < -0.39 is 24.0 Å². The molecule has 1 aliphatic rings. The zero-order chi connectivity index (χ0) is 24.9. The fourth-order valence-corrected chi connectivity index (χ4v) is 4.12. The summed E-state index contributed by atoms with van der Waals surface area (Å²) in [5, 5.41) is 20.7. The third kappa shape index (κ3) is 5.49. The smallest absolute Gasteiger partial charge is 0.412 e. The summed E-state index contributed by atoms with van der Waals surface area (Å²) in [6, 6.07) is 16.3. The molecule has 35 heavy (non-hydrogen) atoms. The number of H-pyrrole nitrogens is 1. The topological polar surface area (TPSA) is 137 Å². The number of aromatic nitrogens is 2. The van der Waals surface area contributed by atoms with Crippen LogP contribution in [-0.2, 0) is 9.53 Å². The van der Waals surface area contributed by atoms with Crippen molar-refractivity contribution in [1.29, 1.82) is 0 Å². The Kier molecular flexibility index (Phi) is 7.11. The number of hydrogen-bond acceptors (Lipinski definition) is 6. The standard InChI is InChI=1S/C25H27N5O5/c1-30(2)12-11-20(24(32)33)26-23(31)21-13-22(29-28-21)27-25(34)35-14-19-17-9-5-3-7-15(17)16-8-4-6-10-18(16)19/h3-10,13,19-20H,11-12,14H2,1-2H3,(H,26,31)(H,32,33)(H2,27,28,29,34). The second-order valence-corrected chi connectivity index (χ2v) is 8.57. The number of aliphatic carboxylic acids is 1. The van der Waals surface area contributed by atoms with E-state index in [1.165, 1.54) is 6.07 Å². The number of aromatic amines is 1. The molecule has 0 saturated heterocycles. The monoisotopic (exact) mass is 477 g/mol. The summed E-state index contributed by atoms with van der Waals surface area (Å²) in [4.78, 5) is 38.1. The maximum Gasteiger partial charge on any atom is 0.412 e. The second-order valence-electron chi connectivity index (χ2n) is 8.57. The molecule has 4 rings (SSSR count). The number of carboxylic acids is 1. The van der Waals surface area contributed by atoms with E-state index in [0.717, 1.165) is 22.3 Å². The van der Waals surface area contributed by atoms with Gasteiger partial charge in [0.15, 0.2) is 5.82 Å². The molecule has 1 aromatic heterocycles. The van der Waals surface area contributed by atoms with Gasteiger partial charge in [-0.1, -0.05) is 48.5 Å². The van der Waals surface area contributed by atoms with Gasteiger partial charge in [-0.3, -0.25) is 15.2 Å². The molecule has 4 N–H and O–H groups in total. The molecular formula is C25H27N5O5. The number of anilines is 1. The lowest BCUT2D eigenvalue weighted by Crippen LogP contribution is -2.42. The molecule has 182 valence electrons. The zero-order valence-electron chi connectivity index (χ0n) is 19.4. The second kappa shape index (κ2) is 10.4. The maximum atomic E-state index is 12.4. The minimum atomic E-state index is -1.13. The Bertz CT molecular complexity index is 1190. The van der Waals surface area contributed by atoms with Crippen LogP contribution in [0.2, 0.25) is 0 Å². The molecule has 1 unspecified atom stereocenters. The summed E-state index contributed by atoms with van der Waals surface area (Å²) in [6.07, 6.45) is -0.465. The average Bonchev–Trinajstić information content (AvgIpc) is 3.43. The SMILES string of the molecule is CN(C)CCC(NC(=O)c1cc(NC(=O)OCC2c3ccccc3-c3ccccc32)n[nH]1)C(=O)O. The lowest BCUT2D eigenvalue weighted by Gasteiger charge is -2.16. The van der Waals surface area contributed by atoms with Gasteiger partial charge in [0.05, 0.1) is 0 Å². The first-order chi connectivity index (χ1) is 16.8. The Labute approximate surface area is 202 Å². The summed E-state index contributed by atoms with van der Waals surface area (Å²) in [7, 11) is 3.63. The normalized spacial score (nSPS) is 13.1. The molecule has 0 aliphatic heterocycles. The van der Waals surface area contributed by atoms with E-state index in [1.807, 2.05) is 55.4 Å². The minimum Gasteiger partial charge on any atom is -0.480 e. The van der Waals surface area contributed by atoms with E-state index in [2.05, 4.69) is 33.0 Å². The van der Waals surface area contributed by atoms with Gasteiger partial charge in [-0.25, -0.2) is 9.59 Å². The van der Waals surface area contributed by atoms with Crippen LogP contribution in [0.1, 0.15) is 34.0 Å². The van der Waals surface area contributed by atoms with Crippen LogP contribution < -0.4 is 10.6 Å². The number of fused-ring (bicyclic) bond motifs is 3. The number of carboxylic acid groups (broad SMARTS) is 1. The van der Waals surface area contributed by atoms with Crippen molar-refractivity contribution in [3.8, 4) is 11.1 Å². The first-order valence-electron chi connectivity index (χ1n) is 11.2. The van der Waals surface area contributed by atoms with Gasteiger partial charge in [-0.15, -0.1) is 0 Å². The van der Waals surface area contributed by atoms with Gasteiger partial charge in [0.25, 0.3) is 5.91 Å². The summed E-state index contributed by atoms with van der Waals surface area (Å²) in [6.45, 7) is 0.638. The summed E-state index contributed by atoms with van der Waals surface area (Å²) >= 11 is 0. The molecule has 1 heterocycles. The summed E-state index contributed by atoms with van der Waals surface area (Å²) < 4.78 is 5.48. The van der Waals surface area contributed by atoms with Crippen molar-refractivity contribution < 1.29 is 24.2 Å². The number of carbonyl (C=O) groups excluding carboxylic acids is 2. The fraction of sp³-hybridized carbons (Fsp3) is 0.280. The number of ether oxygens (including phenoxy) is 1. The van der Waals surface area contributed by atoms with Crippen molar-refractivity contribution in [3.63, 3.8) is 0 Å². The quantitative estimate of drug-likeness (QED) is 0.372. The van der Waals surface area contributed by atoms with E-state index in [0.29, 0.717) is 6.54 Å². The van der Waals surface area contributed by atoms with Crippen LogP contribution >= 0.6 is 0 Å². The van der Waals surface area contributed by atoms with E-state index in [1.54, 1.807) is 0 Å². The van der Waals surface area contributed by atoms with Crippen molar-refractivity contribution in [1.82, 2.24) is 20.4 Å². The van der Waals surface area contributed by atoms with E-state index in [9.17, 15) is 19.5 Å². The Morgan fingerprint density at radius 3 is 2.31 bits per heavy atom. The van der Waals surface area contributed by atoms with Gasteiger partial charge in [-0.05, 0) is 42.8 Å². The summed E-state index contributed by atoms with van der Waals surface area (Å²) in [5.74, 6) is -1.75. The molecule has 1 atom stereocenters. The predicted molar refractivity (Wildman–Crippen MR) is 129 cm³/mol. The highest BCUT2D eigenvalue weighted by Gasteiger charge is 2.29. The van der Waals surface area contributed by atoms with Gasteiger partial charge in [0, 0.05) is 18.5 Å². The largest absolute Gasteiger partial charge is 0.480 e. The highest BCUT2D eigenvalue weighted by Crippen LogP contribution is 2.44. The molecule has 2 aromatic carbocycles.